The molecule has 2 heterocycles. The van der Waals surface area contributed by atoms with Gasteiger partial charge >= 0.3 is 6.18 Å². The first-order chi connectivity index (χ1) is 17.2. The van der Waals surface area contributed by atoms with Crippen LogP contribution in [0.3, 0.4) is 0 Å². The molecule has 12 heteroatoms. The second-order valence-electron chi connectivity index (χ2n) is 11.0. The Kier molecular flexibility index (Phi) is 7.85. The van der Waals surface area contributed by atoms with Gasteiger partial charge in [0.2, 0.25) is 5.91 Å². The molecule has 1 saturated carbocycles. The molecule has 0 spiro atoms. The van der Waals surface area contributed by atoms with Crippen LogP contribution in [0.1, 0.15) is 46.5 Å². The fourth-order valence-electron chi connectivity index (χ4n) is 4.81. The fraction of sp³-hybridized carbons (Fsp3) is 0.560. The monoisotopic (exact) mass is 554 g/mol. The highest BCUT2D eigenvalue weighted by Gasteiger charge is 2.41. The van der Waals surface area contributed by atoms with Gasteiger partial charge in [-0.15, -0.1) is 11.3 Å². The van der Waals surface area contributed by atoms with Gasteiger partial charge in [-0.05, 0) is 43.9 Å². The molecule has 2 aliphatic rings. The molecule has 0 radical (unpaired) electrons. The van der Waals surface area contributed by atoms with Gasteiger partial charge in [-0.2, -0.15) is 13.2 Å². The summed E-state index contributed by atoms with van der Waals surface area (Å²) >= 11 is 1.65. The first kappa shape index (κ1) is 27.7. The van der Waals surface area contributed by atoms with Crippen molar-refractivity contribution >= 4 is 35.9 Å². The van der Waals surface area contributed by atoms with E-state index in [0.717, 1.165) is 40.5 Å². The fourth-order valence-corrected chi connectivity index (χ4v) is 7.63. The molecular formula is C25H33F3N4O3SSi. The summed E-state index contributed by atoms with van der Waals surface area (Å²) in [6, 6.07) is 4.40. The number of thiazole rings is 1. The maximum absolute atomic E-state index is 12.8. The van der Waals surface area contributed by atoms with Crippen LogP contribution in [0.25, 0.3) is 0 Å². The molecule has 4 rings (SSSR count). The lowest BCUT2D eigenvalue weighted by atomic mass is 9.80. The zero-order valence-electron chi connectivity index (χ0n) is 21.2. The summed E-state index contributed by atoms with van der Waals surface area (Å²) in [5.74, 6) is -1.12. The van der Waals surface area contributed by atoms with Crippen LogP contribution in [0.15, 0.2) is 30.5 Å². The lowest BCUT2D eigenvalue weighted by molar-refractivity contribution is -0.137. The highest BCUT2D eigenvalue weighted by molar-refractivity contribution is 7.25. The van der Waals surface area contributed by atoms with E-state index in [9.17, 15) is 27.9 Å². The third kappa shape index (κ3) is 6.59. The number of carbonyl (C=O) groups is 2. The number of aromatic nitrogens is 1. The van der Waals surface area contributed by atoms with Gasteiger partial charge in [0, 0.05) is 30.9 Å². The minimum absolute atomic E-state index is 0.0421. The van der Waals surface area contributed by atoms with Gasteiger partial charge in [-0.1, -0.05) is 25.7 Å². The number of benzene rings is 1. The Morgan fingerprint density at radius 2 is 1.89 bits per heavy atom. The summed E-state index contributed by atoms with van der Waals surface area (Å²) in [7, 11) is -1.51. The summed E-state index contributed by atoms with van der Waals surface area (Å²) in [4.78, 5) is 32.3. The summed E-state index contributed by atoms with van der Waals surface area (Å²) < 4.78 is 39.7. The highest BCUT2D eigenvalue weighted by Crippen LogP contribution is 2.40. The van der Waals surface area contributed by atoms with Crippen molar-refractivity contribution in [3.63, 3.8) is 0 Å². The molecule has 7 nitrogen and oxygen atoms in total. The van der Waals surface area contributed by atoms with Crippen molar-refractivity contribution in [3.05, 3.63) is 46.5 Å². The lowest BCUT2D eigenvalue weighted by Gasteiger charge is -2.48. The molecular weight excluding hydrogens is 521 g/mol. The van der Waals surface area contributed by atoms with Crippen molar-refractivity contribution in [1.29, 1.82) is 0 Å². The van der Waals surface area contributed by atoms with Crippen LogP contribution in [0, 0.1) is 0 Å². The van der Waals surface area contributed by atoms with Crippen LogP contribution >= 0.6 is 11.3 Å². The maximum atomic E-state index is 12.8. The molecule has 0 unspecified atom stereocenters. The number of nitrogens with one attached hydrogen (secondary N) is 2. The predicted molar refractivity (Wildman–Crippen MR) is 139 cm³/mol. The average molecular weight is 555 g/mol. The largest absolute Gasteiger partial charge is 0.416 e. The molecule has 1 aliphatic heterocycles. The topological polar surface area (TPSA) is 94.6 Å². The van der Waals surface area contributed by atoms with Gasteiger partial charge < -0.3 is 15.7 Å². The number of carbonyl (C=O) groups excluding carboxylic acids is 2. The Hall–Kier alpha value is -2.28. The van der Waals surface area contributed by atoms with E-state index >= 15 is 0 Å². The summed E-state index contributed by atoms with van der Waals surface area (Å²) in [5, 5.41) is 16.5. The van der Waals surface area contributed by atoms with Gasteiger partial charge in [0.1, 0.15) is 13.7 Å². The third-order valence-corrected chi connectivity index (χ3v) is 11.6. The number of rotatable bonds is 7. The standard InChI is InChI=1S/C25H33F3N4O3SSi/c1-37(2,3)23-30-12-20(36-23)24(35)9-7-19(8-10-24)32-14-18(15-32)31-21(33)13-29-22(34)16-5-4-6-17(11-16)25(26,27)28/h4-6,11-12,18-19,35H,7-10,13-15H2,1-3H3,(H,29,34)(H,31,33). The van der Waals surface area contributed by atoms with Gasteiger partial charge in [-0.3, -0.25) is 19.5 Å². The Labute approximate surface area is 219 Å². The van der Waals surface area contributed by atoms with Crippen molar-refractivity contribution in [2.75, 3.05) is 19.6 Å². The summed E-state index contributed by atoms with van der Waals surface area (Å²) in [6.45, 7) is 7.82. The van der Waals surface area contributed by atoms with Gasteiger partial charge in [0.05, 0.1) is 27.7 Å². The summed E-state index contributed by atoms with van der Waals surface area (Å²) in [5.41, 5.74) is -1.88. The van der Waals surface area contributed by atoms with E-state index in [2.05, 4.69) is 40.2 Å². The summed E-state index contributed by atoms with van der Waals surface area (Å²) in [6.07, 6.45) is 0.397. The number of aliphatic hydroxyl groups is 1. The SMILES string of the molecule is C[Si](C)(C)c1ncc(C2(O)CCC(N3CC(NC(=O)CNC(=O)c4cccc(C(F)(F)F)c4)C3)CC2)s1. The van der Waals surface area contributed by atoms with E-state index in [4.69, 9.17) is 0 Å². The van der Waals surface area contributed by atoms with Crippen LogP contribution in [0.4, 0.5) is 13.2 Å². The van der Waals surface area contributed by atoms with Crippen molar-refractivity contribution in [1.82, 2.24) is 20.5 Å². The minimum Gasteiger partial charge on any atom is -0.384 e. The number of likely N-dealkylation sites (tertiary alicyclic amines) is 1. The molecule has 1 aromatic heterocycles. The van der Waals surface area contributed by atoms with E-state index in [1.807, 2.05) is 6.20 Å². The molecule has 3 N–H and O–H groups in total. The van der Waals surface area contributed by atoms with E-state index in [-0.39, 0.29) is 24.1 Å². The molecule has 37 heavy (non-hydrogen) atoms. The Bertz CT molecular complexity index is 1140. The van der Waals surface area contributed by atoms with Crippen molar-refractivity contribution in [3.8, 4) is 0 Å². The Balaban J connectivity index is 1.18. The first-order valence-corrected chi connectivity index (χ1v) is 16.7. The van der Waals surface area contributed by atoms with Gasteiger partial charge in [0.15, 0.2) is 0 Å². The number of nitrogens with zero attached hydrogens (tertiary/aromatic N) is 2. The van der Waals surface area contributed by atoms with Crippen molar-refractivity contribution in [2.24, 2.45) is 0 Å². The highest BCUT2D eigenvalue weighted by atomic mass is 32.1. The maximum Gasteiger partial charge on any atom is 0.416 e. The van der Waals surface area contributed by atoms with Crippen molar-refractivity contribution in [2.45, 2.75) is 69.2 Å². The minimum atomic E-state index is -4.54. The number of alkyl halides is 3. The van der Waals surface area contributed by atoms with Crippen LogP contribution in [0.2, 0.25) is 19.6 Å². The first-order valence-electron chi connectivity index (χ1n) is 12.4. The molecule has 0 bridgehead atoms. The number of hydrogen-bond donors (Lipinski definition) is 3. The smallest absolute Gasteiger partial charge is 0.384 e. The molecule has 1 saturated heterocycles. The number of amides is 2. The normalized spacial score (nSPS) is 23.4. The van der Waals surface area contributed by atoms with E-state index in [0.29, 0.717) is 32.0 Å². The van der Waals surface area contributed by atoms with Crippen molar-refractivity contribution < 1.29 is 27.9 Å². The molecule has 2 aromatic rings. The van der Waals surface area contributed by atoms with Gasteiger partial charge in [-0.25, -0.2) is 0 Å². The van der Waals surface area contributed by atoms with Crippen LogP contribution in [0.5, 0.6) is 0 Å². The molecule has 2 fully saturated rings. The van der Waals surface area contributed by atoms with Crippen LogP contribution < -0.4 is 15.3 Å². The second kappa shape index (κ2) is 10.5. The van der Waals surface area contributed by atoms with E-state index < -0.39 is 31.3 Å². The molecule has 202 valence electrons. The van der Waals surface area contributed by atoms with Gasteiger partial charge in [0.25, 0.3) is 5.91 Å². The van der Waals surface area contributed by atoms with E-state index in [1.54, 1.807) is 11.3 Å². The molecule has 1 aliphatic carbocycles. The van der Waals surface area contributed by atoms with Crippen LogP contribution in [-0.4, -0.2) is 66.6 Å². The number of halogens is 3. The average Bonchev–Trinajstić information content (AvgIpc) is 3.32. The number of hydrogen-bond acceptors (Lipinski definition) is 6. The molecule has 1 aromatic carbocycles. The molecule has 2 amide bonds. The zero-order chi connectivity index (χ0) is 27.0. The quantitative estimate of drug-likeness (QED) is 0.458. The zero-order valence-corrected chi connectivity index (χ0v) is 23.0. The Morgan fingerprint density at radius 1 is 1.22 bits per heavy atom. The third-order valence-electron chi connectivity index (χ3n) is 7.04. The van der Waals surface area contributed by atoms with E-state index in [1.165, 1.54) is 6.07 Å². The Morgan fingerprint density at radius 3 is 2.49 bits per heavy atom. The molecule has 0 atom stereocenters. The lowest BCUT2D eigenvalue weighted by Crippen LogP contribution is -2.63. The second-order valence-corrected chi connectivity index (χ2v) is 17.4. The van der Waals surface area contributed by atoms with Crippen LogP contribution in [-0.2, 0) is 16.6 Å². The predicted octanol–water partition coefficient (Wildman–Crippen LogP) is 3.07.